The van der Waals surface area contributed by atoms with Crippen LogP contribution >= 0.6 is 23.4 Å². The number of rotatable bonds is 2. The van der Waals surface area contributed by atoms with E-state index in [0.29, 0.717) is 5.75 Å². The number of aromatic nitrogens is 2. The molecule has 8 heteroatoms. The molecule has 2 atom stereocenters. The zero-order valence-electron chi connectivity index (χ0n) is 9.41. The predicted octanol–water partition coefficient (Wildman–Crippen LogP) is 1.12. The van der Waals surface area contributed by atoms with Gasteiger partial charge in [-0.3, -0.25) is 9.78 Å². The fourth-order valence-corrected chi connectivity index (χ4v) is 3.03. The number of halogens is 1. The molecule has 1 fully saturated rings. The van der Waals surface area contributed by atoms with Crippen LogP contribution in [0.5, 0.6) is 0 Å². The third-order valence-electron chi connectivity index (χ3n) is 2.57. The van der Waals surface area contributed by atoms with Gasteiger partial charge in [0, 0.05) is 5.75 Å². The van der Waals surface area contributed by atoms with Crippen molar-refractivity contribution in [1.82, 2.24) is 14.9 Å². The maximum atomic E-state index is 12.2. The maximum Gasteiger partial charge on any atom is 0.327 e. The highest BCUT2D eigenvalue weighted by molar-refractivity contribution is 8.00. The van der Waals surface area contributed by atoms with E-state index in [1.807, 2.05) is 0 Å². The van der Waals surface area contributed by atoms with Gasteiger partial charge in [0.25, 0.3) is 5.91 Å². The average Bonchev–Trinajstić information content (AvgIpc) is 2.70. The first-order chi connectivity index (χ1) is 8.50. The van der Waals surface area contributed by atoms with Crippen LogP contribution in [0.4, 0.5) is 0 Å². The first-order valence-electron chi connectivity index (χ1n) is 5.15. The summed E-state index contributed by atoms with van der Waals surface area (Å²) in [6.45, 7) is 1.78. The van der Waals surface area contributed by atoms with Crippen molar-refractivity contribution in [3.8, 4) is 0 Å². The first-order valence-corrected chi connectivity index (χ1v) is 6.58. The van der Waals surface area contributed by atoms with E-state index in [4.69, 9.17) is 16.7 Å². The summed E-state index contributed by atoms with van der Waals surface area (Å²) in [5, 5.41) is 8.98. The van der Waals surface area contributed by atoms with Gasteiger partial charge < -0.3 is 10.0 Å². The molecule has 1 aromatic heterocycles. The van der Waals surface area contributed by atoms with E-state index in [0.717, 1.165) is 0 Å². The molecule has 6 nitrogen and oxygen atoms in total. The largest absolute Gasteiger partial charge is 0.480 e. The number of thioether (sulfide) groups is 1. The summed E-state index contributed by atoms with van der Waals surface area (Å²) in [5.41, 5.74) is 0.0584. The van der Waals surface area contributed by atoms with E-state index in [1.54, 1.807) is 6.92 Å². The Labute approximate surface area is 112 Å². The zero-order chi connectivity index (χ0) is 13.3. The van der Waals surface area contributed by atoms with Gasteiger partial charge >= 0.3 is 5.97 Å². The van der Waals surface area contributed by atoms with E-state index >= 15 is 0 Å². The van der Waals surface area contributed by atoms with Crippen LogP contribution in [0.25, 0.3) is 0 Å². The van der Waals surface area contributed by atoms with Gasteiger partial charge in [0.15, 0.2) is 0 Å². The highest BCUT2D eigenvalue weighted by Gasteiger charge is 2.40. The molecule has 0 bridgehead atoms. The summed E-state index contributed by atoms with van der Waals surface area (Å²) in [4.78, 5) is 32.2. The van der Waals surface area contributed by atoms with Crippen LogP contribution in [0.2, 0.25) is 5.15 Å². The first kappa shape index (κ1) is 13.1. The molecular formula is C10H10ClN3O3S. The van der Waals surface area contributed by atoms with Crippen LogP contribution < -0.4 is 0 Å². The van der Waals surface area contributed by atoms with Crippen molar-refractivity contribution >= 4 is 35.2 Å². The van der Waals surface area contributed by atoms with Crippen molar-refractivity contribution in [2.45, 2.75) is 18.3 Å². The lowest BCUT2D eigenvalue weighted by atomic mass is 10.2. The predicted molar refractivity (Wildman–Crippen MR) is 66.6 cm³/mol. The third kappa shape index (κ3) is 2.41. The summed E-state index contributed by atoms with van der Waals surface area (Å²) < 4.78 is 0. The van der Waals surface area contributed by atoms with Crippen LogP contribution in [0, 0.1) is 0 Å². The van der Waals surface area contributed by atoms with Gasteiger partial charge in [-0.15, -0.1) is 11.8 Å². The van der Waals surface area contributed by atoms with Crippen molar-refractivity contribution in [3.63, 3.8) is 0 Å². The Balaban J connectivity index is 2.29. The Morgan fingerprint density at radius 3 is 2.89 bits per heavy atom. The maximum absolute atomic E-state index is 12.2. The number of carbonyl (C=O) groups excluding carboxylic acids is 1. The van der Waals surface area contributed by atoms with E-state index in [9.17, 15) is 9.59 Å². The number of aliphatic carboxylic acids is 1. The highest BCUT2D eigenvalue weighted by atomic mass is 35.5. The zero-order valence-corrected chi connectivity index (χ0v) is 11.0. The van der Waals surface area contributed by atoms with Crippen molar-refractivity contribution < 1.29 is 14.7 Å². The van der Waals surface area contributed by atoms with Gasteiger partial charge in [0.1, 0.15) is 16.9 Å². The monoisotopic (exact) mass is 287 g/mol. The Bertz CT molecular complexity index is 499. The van der Waals surface area contributed by atoms with E-state index in [-0.39, 0.29) is 16.2 Å². The summed E-state index contributed by atoms with van der Waals surface area (Å²) in [5.74, 6) is -1.11. The molecule has 1 aliphatic rings. The standard InChI is InChI=1S/C10H10ClN3O3S/c1-5-14(7(4-18-5)10(16)17)9(15)6-2-12-3-8(11)13-6/h2-3,5,7H,4H2,1H3,(H,16,17). The molecule has 1 aromatic rings. The van der Waals surface area contributed by atoms with Gasteiger partial charge in [-0.25, -0.2) is 9.78 Å². The highest BCUT2D eigenvalue weighted by Crippen LogP contribution is 2.30. The lowest BCUT2D eigenvalue weighted by Gasteiger charge is -2.24. The minimum atomic E-state index is -1.02. The number of carbonyl (C=O) groups is 2. The molecule has 0 radical (unpaired) electrons. The fraction of sp³-hybridized carbons (Fsp3) is 0.400. The van der Waals surface area contributed by atoms with Crippen LogP contribution in [-0.2, 0) is 4.79 Å². The summed E-state index contributed by atoms with van der Waals surface area (Å²) in [7, 11) is 0. The smallest absolute Gasteiger partial charge is 0.327 e. The van der Waals surface area contributed by atoms with Crippen molar-refractivity contribution in [3.05, 3.63) is 23.2 Å². The van der Waals surface area contributed by atoms with E-state index < -0.39 is 17.9 Å². The number of amides is 1. The number of hydrogen-bond donors (Lipinski definition) is 1. The quantitative estimate of drug-likeness (QED) is 0.877. The fourth-order valence-electron chi connectivity index (χ4n) is 1.72. The number of nitrogens with zero attached hydrogens (tertiary/aromatic N) is 3. The molecule has 2 rings (SSSR count). The minimum absolute atomic E-state index is 0.0584. The second-order valence-corrected chi connectivity index (χ2v) is 5.46. The Morgan fingerprint density at radius 1 is 1.56 bits per heavy atom. The van der Waals surface area contributed by atoms with Crippen LogP contribution in [-0.4, -0.2) is 49.0 Å². The lowest BCUT2D eigenvalue weighted by molar-refractivity contribution is -0.141. The van der Waals surface area contributed by atoms with E-state index in [2.05, 4.69) is 9.97 Å². The van der Waals surface area contributed by atoms with Crippen molar-refractivity contribution in [2.75, 3.05) is 5.75 Å². The van der Waals surface area contributed by atoms with Crippen LogP contribution in [0.15, 0.2) is 12.4 Å². The molecule has 1 amide bonds. The van der Waals surface area contributed by atoms with Gasteiger partial charge in [-0.2, -0.15) is 0 Å². The molecule has 0 saturated carbocycles. The van der Waals surface area contributed by atoms with Crippen LogP contribution in [0.1, 0.15) is 17.4 Å². The van der Waals surface area contributed by atoms with E-state index in [1.165, 1.54) is 29.1 Å². The molecule has 0 spiro atoms. The Kier molecular flexibility index (Phi) is 3.72. The number of carboxylic acid groups (broad SMARTS) is 1. The van der Waals surface area contributed by atoms with Crippen LogP contribution in [0.3, 0.4) is 0 Å². The second-order valence-electron chi connectivity index (χ2n) is 3.73. The van der Waals surface area contributed by atoms with Crippen molar-refractivity contribution in [2.24, 2.45) is 0 Å². The molecule has 0 aliphatic carbocycles. The normalized spacial score (nSPS) is 23.1. The van der Waals surface area contributed by atoms with Crippen molar-refractivity contribution in [1.29, 1.82) is 0 Å². The summed E-state index contributed by atoms with van der Waals surface area (Å²) >= 11 is 7.08. The van der Waals surface area contributed by atoms with Gasteiger partial charge in [0.05, 0.1) is 17.8 Å². The summed E-state index contributed by atoms with van der Waals surface area (Å²) in [6.07, 6.45) is 2.60. The molecule has 1 aliphatic heterocycles. The Hall–Kier alpha value is -1.34. The topological polar surface area (TPSA) is 83.4 Å². The molecule has 1 saturated heterocycles. The average molecular weight is 288 g/mol. The molecule has 18 heavy (non-hydrogen) atoms. The summed E-state index contributed by atoms with van der Waals surface area (Å²) in [6, 6.07) is -0.835. The molecule has 2 heterocycles. The molecule has 0 aromatic carbocycles. The third-order valence-corrected chi connectivity index (χ3v) is 3.97. The second kappa shape index (κ2) is 5.11. The SMILES string of the molecule is CC1SCC(C(=O)O)N1C(=O)c1cncc(Cl)n1. The lowest BCUT2D eigenvalue weighted by Crippen LogP contribution is -2.45. The van der Waals surface area contributed by atoms with Gasteiger partial charge in [-0.05, 0) is 6.92 Å². The molecule has 2 unspecified atom stereocenters. The molecular weight excluding hydrogens is 278 g/mol. The minimum Gasteiger partial charge on any atom is -0.480 e. The molecule has 96 valence electrons. The Morgan fingerprint density at radius 2 is 2.28 bits per heavy atom. The number of carboxylic acids is 1. The molecule has 1 N–H and O–H groups in total. The van der Waals surface area contributed by atoms with Gasteiger partial charge in [-0.1, -0.05) is 11.6 Å². The number of hydrogen-bond acceptors (Lipinski definition) is 5. The van der Waals surface area contributed by atoms with Gasteiger partial charge in [0.2, 0.25) is 0 Å².